The van der Waals surface area contributed by atoms with Crippen LogP contribution in [-0.4, -0.2) is 25.2 Å². The number of methoxy groups -OCH3 is 1. The van der Waals surface area contributed by atoms with Gasteiger partial charge in [0, 0.05) is 10.6 Å². The molecule has 1 N–H and O–H groups in total. The van der Waals surface area contributed by atoms with E-state index in [2.05, 4.69) is 0 Å². The highest BCUT2D eigenvalue weighted by Crippen LogP contribution is 2.55. The number of carbonyl (C=O) groups excluding carboxylic acids is 1. The van der Waals surface area contributed by atoms with Crippen LogP contribution in [0.5, 0.6) is 5.75 Å². The molecule has 1 aliphatic heterocycles. The Hall–Kier alpha value is -3.33. The number of carbonyl (C=O) groups is 1. The van der Waals surface area contributed by atoms with Gasteiger partial charge < -0.3 is 10.1 Å². The number of rotatable bonds is 5. The zero-order valence-corrected chi connectivity index (χ0v) is 18.4. The SMILES string of the molecule is COc1ccc(CN2C(=O)N[C@@](c3ccccc3)(C(F)(F)C(F)(F)F)c3cc(Cl)ccc32)cc1. The number of amides is 2. The smallest absolute Gasteiger partial charge is 0.456 e. The topological polar surface area (TPSA) is 41.6 Å². The number of hydrogen-bond donors (Lipinski definition) is 1. The third-order valence-corrected chi connectivity index (χ3v) is 5.96. The number of nitrogens with one attached hydrogen (secondary N) is 1. The molecule has 0 saturated carbocycles. The molecule has 0 saturated heterocycles. The van der Waals surface area contributed by atoms with Gasteiger partial charge in [-0.3, -0.25) is 4.90 Å². The van der Waals surface area contributed by atoms with E-state index in [9.17, 15) is 18.0 Å². The van der Waals surface area contributed by atoms with E-state index in [0.717, 1.165) is 23.1 Å². The summed E-state index contributed by atoms with van der Waals surface area (Å²) in [6.45, 7) is -0.0904. The number of anilines is 1. The first-order valence-corrected chi connectivity index (χ1v) is 10.4. The molecule has 1 heterocycles. The summed E-state index contributed by atoms with van der Waals surface area (Å²) in [6, 6.07) is 15.5. The molecule has 1 aliphatic rings. The summed E-state index contributed by atoms with van der Waals surface area (Å²) in [7, 11) is 1.48. The molecule has 1 atom stereocenters. The highest BCUT2D eigenvalue weighted by molar-refractivity contribution is 6.30. The van der Waals surface area contributed by atoms with Crippen LogP contribution >= 0.6 is 11.6 Å². The second-order valence-electron chi connectivity index (χ2n) is 7.71. The van der Waals surface area contributed by atoms with Crippen LogP contribution in [0.2, 0.25) is 5.02 Å². The standard InChI is InChI=1S/C24H18ClF5N2O2/c1-34-18-10-7-15(8-11-18)14-32-20-12-9-17(25)13-19(20)22(31-21(32)33,16-5-3-2-4-6-16)23(26,27)24(28,29)30/h2-13H,14H2,1H3,(H,31,33)/t22-/m1/s1. The van der Waals surface area contributed by atoms with E-state index in [0.29, 0.717) is 11.3 Å². The number of fused-ring (bicyclic) bond motifs is 1. The van der Waals surface area contributed by atoms with E-state index >= 15 is 8.78 Å². The summed E-state index contributed by atoms with van der Waals surface area (Å²) in [6.07, 6.45) is -5.98. The molecule has 4 nitrogen and oxygen atoms in total. The Labute approximate surface area is 196 Å². The number of urea groups is 1. The van der Waals surface area contributed by atoms with Crippen molar-refractivity contribution in [2.24, 2.45) is 0 Å². The van der Waals surface area contributed by atoms with Crippen LogP contribution in [0.1, 0.15) is 16.7 Å². The molecule has 10 heteroatoms. The average molecular weight is 497 g/mol. The lowest BCUT2D eigenvalue weighted by Gasteiger charge is -2.48. The number of ether oxygens (including phenoxy) is 1. The van der Waals surface area contributed by atoms with E-state index in [-0.39, 0.29) is 17.3 Å². The first-order valence-electron chi connectivity index (χ1n) is 10.0. The van der Waals surface area contributed by atoms with Crippen LogP contribution in [0.3, 0.4) is 0 Å². The van der Waals surface area contributed by atoms with Crippen molar-refractivity contribution in [2.45, 2.75) is 24.2 Å². The maximum absolute atomic E-state index is 15.4. The molecule has 4 rings (SSSR count). The lowest BCUT2D eigenvalue weighted by molar-refractivity contribution is -0.307. The Balaban J connectivity index is 1.94. The van der Waals surface area contributed by atoms with Gasteiger partial charge in [0.15, 0.2) is 5.54 Å². The van der Waals surface area contributed by atoms with Crippen LogP contribution in [0.25, 0.3) is 0 Å². The minimum atomic E-state index is -5.98. The number of hydrogen-bond acceptors (Lipinski definition) is 2. The molecule has 0 fully saturated rings. The minimum Gasteiger partial charge on any atom is -0.497 e. The fourth-order valence-corrected chi connectivity index (χ4v) is 4.25. The predicted molar refractivity (Wildman–Crippen MR) is 117 cm³/mol. The molecule has 178 valence electrons. The normalized spacial score (nSPS) is 18.3. The van der Waals surface area contributed by atoms with E-state index in [1.54, 1.807) is 24.3 Å². The van der Waals surface area contributed by atoms with Gasteiger partial charge in [-0.15, -0.1) is 0 Å². The summed E-state index contributed by atoms with van der Waals surface area (Å²) in [4.78, 5) is 14.3. The lowest BCUT2D eigenvalue weighted by Crippen LogP contribution is -2.68. The fourth-order valence-electron chi connectivity index (χ4n) is 4.08. The molecule has 3 aromatic rings. The molecular weight excluding hydrogens is 479 g/mol. The van der Waals surface area contributed by atoms with Crippen LogP contribution < -0.4 is 15.0 Å². The molecule has 34 heavy (non-hydrogen) atoms. The van der Waals surface area contributed by atoms with Crippen molar-refractivity contribution in [1.29, 1.82) is 0 Å². The third-order valence-electron chi connectivity index (χ3n) is 5.73. The van der Waals surface area contributed by atoms with Gasteiger partial charge in [0.05, 0.1) is 19.3 Å². The maximum Gasteiger partial charge on any atom is 0.456 e. The molecule has 0 radical (unpaired) electrons. The Kier molecular flexibility index (Phi) is 5.93. The van der Waals surface area contributed by atoms with Crippen molar-refractivity contribution in [3.8, 4) is 5.75 Å². The highest BCUT2D eigenvalue weighted by atomic mass is 35.5. The summed E-state index contributed by atoms with van der Waals surface area (Å²) < 4.78 is 77.3. The zero-order valence-electron chi connectivity index (χ0n) is 17.7. The van der Waals surface area contributed by atoms with Crippen LogP contribution in [0.15, 0.2) is 72.8 Å². The quantitative estimate of drug-likeness (QED) is 0.409. The Morgan fingerprint density at radius 3 is 2.21 bits per heavy atom. The number of benzene rings is 3. The van der Waals surface area contributed by atoms with Crippen LogP contribution in [0, 0.1) is 0 Å². The van der Waals surface area contributed by atoms with Gasteiger partial charge >= 0.3 is 18.1 Å². The van der Waals surface area contributed by atoms with Gasteiger partial charge in [-0.2, -0.15) is 22.0 Å². The van der Waals surface area contributed by atoms with Crippen molar-refractivity contribution in [3.05, 3.63) is 94.5 Å². The van der Waals surface area contributed by atoms with Gasteiger partial charge in [-0.1, -0.05) is 54.1 Å². The zero-order chi connectivity index (χ0) is 24.7. The largest absolute Gasteiger partial charge is 0.497 e. The molecule has 0 spiro atoms. The van der Waals surface area contributed by atoms with Crippen molar-refractivity contribution in [3.63, 3.8) is 0 Å². The number of alkyl halides is 5. The second-order valence-corrected chi connectivity index (χ2v) is 8.15. The summed E-state index contributed by atoms with van der Waals surface area (Å²) >= 11 is 6.06. The molecular formula is C24H18ClF5N2O2. The first-order chi connectivity index (χ1) is 16.0. The van der Waals surface area contributed by atoms with Crippen molar-refractivity contribution in [2.75, 3.05) is 12.0 Å². The van der Waals surface area contributed by atoms with Crippen LogP contribution in [-0.2, 0) is 12.1 Å². The highest BCUT2D eigenvalue weighted by Gasteiger charge is 2.73. The predicted octanol–water partition coefficient (Wildman–Crippen LogP) is 6.52. The molecule has 0 unspecified atom stereocenters. The monoisotopic (exact) mass is 496 g/mol. The molecule has 0 aromatic heterocycles. The Morgan fingerprint density at radius 2 is 1.62 bits per heavy atom. The summed E-state index contributed by atoms with van der Waals surface area (Å²) in [5.41, 5.74) is -3.65. The molecule has 0 aliphatic carbocycles. The van der Waals surface area contributed by atoms with Gasteiger partial charge in [0.25, 0.3) is 0 Å². The number of halogens is 6. The Bertz CT molecular complexity index is 1200. The van der Waals surface area contributed by atoms with Crippen molar-refractivity contribution >= 4 is 23.3 Å². The van der Waals surface area contributed by atoms with Crippen LogP contribution in [0.4, 0.5) is 32.4 Å². The maximum atomic E-state index is 15.4. The van der Waals surface area contributed by atoms with Crippen molar-refractivity contribution in [1.82, 2.24) is 5.32 Å². The summed E-state index contributed by atoms with van der Waals surface area (Å²) in [5, 5.41) is 1.95. The van der Waals surface area contributed by atoms with Crippen molar-refractivity contribution < 1.29 is 31.5 Å². The fraction of sp³-hybridized carbons (Fsp3) is 0.208. The van der Waals surface area contributed by atoms with Gasteiger partial charge in [0.1, 0.15) is 5.75 Å². The Morgan fingerprint density at radius 1 is 0.971 bits per heavy atom. The minimum absolute atomic E-state index is 0.0578. The summed E-state index contributed by atoms with van der Waals surface area (Å²) in [5.74, 6) is -4.81. The van der Waals surface area contributed by atoms with Gasteiger partial charge in [0.2, 0.25) is 0 Å². The van der Waals surface area contributed by atoms with Gasteiger partial charge in [-0.25, -0.2) is 4.79 Å². The molecule has 2 amide bonds. The van der Waals surface area contributed by atoms with E-state index in [1.165, 1.54) is 37.4 Å². The van der Waals surface area contributed by atoms with E-state index in [1.807, 2.05) is 5.32 Å². The van der Waals surface area contributed by atoms with Gasteiger partial charge in [-0.05, 0) is 41.5 Å². The first kappa shape index (κ1) is 23.8. The molecule has 3 aromatic carbocycles. The third kappa shape index (κ3) is 3.73. The van der Waals surface area contributed by atoms with E-state index in [4.69, 9.17) is 16.3 Å². The second kappa shape index (κ2) is 8.47. The van der Waals surface area contributed by atoms with E-state index < -0.39 is 34.8 Å². The lowest BCUT2D eigenvalue weighted by atomic mass is 9.75. The number of nitrogens with zero attached hydrogens (tertiary/aromatic N) is 1. The molecule has 0 bridgehead atoms. The average Bonchev–Trinajstić information content (AvgIpc) is 2.81.